The topological polar surface area (TPSA) is 9.23 Å². The molecule has 2 saturated carbocycles. The molecule has 1 nitrogen and oxygen atoms in total. The van der Waals surface area contributed by atoms with Gasteiger partial charge in [0.25, 0.3) is 0 Å². The van der Waals surface area contributed by atoms with E-state index in [1.807, 2.05) is 0 Å². The minimum atomic E-state index is 0.459. The van der Waals surface area contributed by atoms with E-state index in [0.717, 1.165) is 4.83 Å². The molecule has 112 valence electrons. The van der Waals surface area contributed by atoms with Crippen LogP contribution in [-0.2, 0) is 4.74 Å². The largest absolute Gasteiger partial charge is 0.375 e. The van der Waals surface area contributed by atoms with Gasteiger partial charge in [0.15, 0.2) is 0 Å². The molecular formula is C17H31BrO. The highest BCUT2D eigenvalue weighted by Gasteiger charge is 2.54. The summed E-state index contributed by atoms with van der Waals surface area (Å²) in [4.78, 5) is 0.720. The van der Waals surface area contributed by atoms with Crippen molar-refractivity contribution in [2.24, 2.45) is 5.41 Å². The molecule has 0 radical (unpaired) electrons. The minimum Gasteiger partial charge on any atom is -0.375 e. The molecule has 0 saturated heterocycles. The first-order valence-corrected chi connectivity index (χ1v) is 9.40. The van der Waals surface area contributed by atoms with Crippen molar-refractivity contribution < 1.29 is 4.74 Å². The van der Waals surface area contributed by atoms with Crippen LogP contribution in [0.1, 0.15) is 84.5 Å². The monoisotopic (exact) mass is 330 g/mol. The Balaban J connectivity index is 1.72. The van der Waals surface area contributed by atoms with Gasteiger partial charge < -0.3 is 4.74 Å². The third-order valence-corrected chi connectivity index (χ3v) is 6.62. The lowest BCUT2D eigenvalue weighted by Gasteiger charge is -2.56. The molecule has 1 spiro atoms. The lowest BCUT2D eigenvalue weighted by molar-refractivity contribution is -0.146. The van der Waals surface area contributed by atoms with Crippen molar-refractivity contribution in [1.29, 1.82) is 0 Å². The number of ether oxygens (including phenoxy) is 1. The molecule has 0 amide bonds. The van der Waals surface area contributed by atoms with Crippen LogP contribution in [0.25, 0.3) is 0 Å². The second-order valence-electron chi connectivity index (χ2n) is 6.78. The van der Waals surface area contributed by atoms with Crippen LogP contribution in [0.4, 0.5) is 0 Å². The molecule has 0 aromatic rings. The molecule has 19 heavy (non-hydrogen) atoms. The molecule has 0 heterocycles. The predicted molar refractivity (Wildman–Crippen MR) is 85.9 cm³/mol. The van der Waals surface area contributed by atoms with Gasteiger partial charge in [-0.1, -0.05) is 67.8 Å². The van der Waals surface area contributed by atoms with Crippen LogP contribution < -0.4 is 0 Å². The van der Waals surface area contributed by atoms with E-state index in [9.17, 15) is 0 Å². The van der Waals surface area contributed by atoms with Gasteiger partial charge in [0.05, 0.1) is 12.2 Å². The average Bonchev–Trinajstić information content (AvgIpc) is 2.44. The van der Waals surface area contributed by atoms with Gasteiger partial charge in [0, 0.05) is 10.2 Å². The highest BCUT2D eigenvalue weighted by molar-refractivity contribution is 9.09. The fraction of sp³-hybridized carbons (Fsp3) is 1.00. The van der Waals surface area contributed by atoms with Crippen LogP contribution in [0, 0.1) is 5.41 Å². The number of unbranched alkanes of at least 4 members (excludes halogenated alkanes) is 3. The van der Waals surface area contributed by atoms with Crippen molar-refractivity contribution in [2.45, 2.75) is 102 Å². The summed E-state index contributed by atoms with van der Waals surface area (Å²) in [5.41, 5.74) is 0.496. The zero-order chi connectivity index (χ0) is 13.7. The molecule has 0 N–H and O–H groups in total. The number of halogens is 1. The SMILES string of the molecule is CCCCCCC(C)OC1CC(Br)C12CCCCC2. The minimum absolute atomic E-state index is 0.459. The maximum absolute atomic E-state index is 6.40. The van der Waals surface area contributed by atoms with Crippen molar-refractivity contribution in [3.05, 3.63) is 0 Å². The van der Waals surface area contributed by atoms with Crippen LogP contribution in [-0.4, -0.2) is 17.0 Å². The molecule has 2 aliphatic rings. The van der Waals surface area contributed by atoms with Crippen molar-refractivity contribution >= 4 is 15.9 Å². The first-order valence-electron chi connectivity index (χ1n) is 8.48. The fourth-order valence-corrected chi connectivity index (χ4v) is 5.03. The molecule has 0 bridgehead atoms. The Hall–Kier alpha value is 0.440. The Morgan fingerprint density at radius 1 is 1.16 bits per heavy atom. The zero-order valence-corrected chi connectivity index (χ0v) is 14.4. The van der Waals surface area contributed by atoms with Gasteiger partial charge in [-0.2, -0.15) is 0 Å². The van der Waals surface area contributed by atoms with E-state index in [2.05, 4.69) is 29.8 Å². The number of hydrogen-bond donors (Lipinski definition) is 0. The Bertz CT molecular complexity index is 260. The average molecular weight is 331 g/mol. The third-order valence-electron chi connectivity index (χ3n) is 5.33. The summed E-state index contributed by atoms with van der Waals surface area (Å²) >= 11 is 3.90. The van der Waals surface area contributed by atoms with Gasteiger partial charge in [-0.3, -0.25) is 0 Å². The number of hydrogen-bond acceptors (Lipinski definition) is 1. The van der Waals surface area contributed by atoms with Gasteiger partial charge in [0.2, 0.25) is 0 Å². The van der Waals surface area contributed by atoms with E-state index >= 15 is 0 Å². The van der Waals surface area contributed by atoms with Gasteiger partial charge >= 0.3 is 0 Å². The summed E-state index contributed by atoms with van der Waals surface area (Å²) < 4.78 is 6.40. The molecule has 3 atom stereocenters. The fourth-order valence-electron chi connectivity index (χ4n) is 3.94. The number of alkyl halides is 1. The molecule has 2 heteroatoms. The van der Waals surface area contributed by atoms with Crippen molar-refractivity contribution in [3.8, 4) is 0 Å². The quantitative estimate of drug-likeness (QED) is 0.420. The molecule has 0 aromatic carbocycles. The predicted octanol–water partition coefficient (Wildman–Crippen LogP) is 5.85. The van der Waals surface area contributed by atoms with Crippen LogP contribution in [0.3, 0.4) is 0 Å². The van der Waals surface area contributed by atoms with Crippen LogP contribution in [0.2, 0.25) is 0 Å². The van der Waals surface area contributed by atoms with E-state index in [4.69, 9.17) is 4.74 Å². The first-order chi connectivity index (χ1) is 9.19. The lowest BCUT2D eigenvalue weighted by Crippen LogP contribution is -2.57. The van der Waals surface area contributed by atoms with Crippen LogP contribution >= 0.6 is 15.9 Å². The van der Waals surface area contributed by atoms with Gasteiger partial charge in [-0.15, -0.1) is 0 Å². The summed E-state index contributed by atoms with van der Waals surface area (Å²) in [5.74, 6) is 0. The van der Waals surface area contributed by atoms with E-state index in [-0.39, 0.29) is 0 Å². The summed E-state index contributed by atoms with van der Waals surface area (Å²) in [5, 5.41) is 0. The highest BCUT2D eigenvalue weighted by atomic mass is 79.9. The number of rotatable bonds is 7. The summed E-state index contributed by atoms with van der Waals surface area (Å²) in [6.45, 7) is 4.56. The van der Waals surface area contributed by atoms with Gasteiger partial charge in [-0.05, 0) is 32.6 Å². The van der Waals surface area contributed by atoms with Gasteiger partial charge in [-0.25, -0.2) is 0 Å². The standard InChI is InChI=1S/C17H31BrO/c1-3-4-5-7-10-14(2)19-16-13-15(18)17(16)11-8-6-9-12-17/h14-16H,3-13H2,1-2H3. The van der Waals surface area contributed by atoms with Crippen LogP contribution in [0.15, 0.2) is 0 Å². The first kappa shape index (κ1) is 15.8. The Morgan fingerprint density at radius 2 is 1.89 bits per heavy atom. The summed E-state index contributed by atoms with van der Waals surface area (Å²) in [6.07, 6.45) is 15.9. The maximum Gasteiger partial charge on any atom is 0.0656 e. The maximum atomic E-state index is 6.40. The van der Waals surface area contributed by atoms with Gasteiger partial charge in [0.1, 0.15) is 0 Å². The smallest absolute Gasteiger partial charge is 0.0656 e. The van der Waals surface area contributed by atoms with Crippen molar-refractivity contribution in [3.63, 3.8) is 0 Å². The molecular weight excluding hydrogens is 300 g/mol. The van der Waals surface area contributed by atoms with E-state index in [0.29, 0.717) is 17.6 Å². The molecule has 3 unspecified atom stereocenters. The van der Waals surface area contributed by atoms with Crippen molar-refractivity contribution in [1.82, 2.24) is 0 Å². The normalized spacial score (nSPS) is 31.1. The zero-order valence-electron chi connectivity index (χ0n) is 12.8. The van der Waals surface area contributed by atoms with E-state index in [1.54, 1.807) is 0 Å². The molecule has 2 fully saturated rings. The van der Waals surface area contributed by atoms with E-state index < -0.39 is 0 Å². The second-order valence-corrected chi connectivity index (χ2v) is 7.89. The lowest BCUT2D eigenvalue weighted by atomic mass is 9.58. The van der Waals surface area contributed by atoms with Crippen LogP contribution in [0.5, 0.6) is 0 Å². The Morgan fingerprint density at radius 3 is 2.53 bits per heavy atom. The Kier molecular flexibility index (Phi) is 6.20. The highest BCUT2D eigenvalue weighted by Crippen LogP contribution is 2.56. The molecule has 0 aliphatic heterocycles. The summed E-state index contributed by atoms with van der Waals surface area (Å²) in [6, 6.07) is 0. The molecule has 2 aliphatic carbocycles. The second kappa shape index (κ2) is 7.45. The Labute approximate surface area is 128 Å². The third kappa shape index (κ3) is 3.75. The van der Waals surface area contributed by atoms with Crippen molar-refractivity contribution in [2.75, 3.05) is 0 Å². The van der Waals surface area contributed by atoms with E-state index in [1.165, 1.54) is 70.6 Å². The molecule has 0 aromatic heterocycles. The summed E-state index contributed by atoms with van der Waals surface area (Å²) in [7, 11) is 0. The molecule has 2 rings (SSSR count).